The summed E-state index contributed by atoms with van der Waals surface area (Å²) in [6.07, 6.45) is -1.12. The number of rotatable bonds is 5. The summed E-state index contributed by atoms with van der Waals surface area (Å²) in [5.41, 5.74) is 5.74. The third-order valence-corrected chi connectivity index (χ3v) is 2.75. The maximum Gasteiger partial charge on any atom is 0.288 e. The Labute approximate surface area is 95.6 Å². The van der Waals surface area contributed by atoms with Gasteiger partial charge in [-0.05, 0) is 17.7 Å². The van der Waals surface area contributed by atoms with E-state index >= 15 is 0 Å². The average molecular weight is 251 g/mol. The van der Waals surface area contributed by atoms with Gasteiger partial charge in [-0.25, -0.2) is 4.39 Å². The van der Waals surface area contributed by atoms with Crippen molar-refractivity contribution >= 4 is 11.8 Å². The fraction of sp³-hybridized carbons (Fsp3) is 0.400. The normalized spacial score (nSPS) is 15.1. The molecule has 0 fully saturated rings. The lowest BCUT2D eigenvalue weighted by Gasteiger charge is -2.16. The van der Waals surface area contributed by atoms with Gasteiger partial charge in [0.1, 0.15) is 6.67 Å². The molecular formula is C10H12F3NOS. The molecule has 0 heterocycles. The Bertz CT molecular complexity index is 320. The van der Waals surface area contributed by atoms with Crippen molar-refractivity contribution in [2.75, 3.05) is 6.67 Å². The van der Waals surface area contributed by atoms with Gasteiger partial charge in [0.15, 0.2) is 0 Å². The summed E-state index contributed by atoms with van der Waals surface area (Å²) in [6.45, 7) is -0.839. The van der Waals surface area contributed by atoms with E-state index in [9.17, 15) is 18.3 Å². The molecule has 3 N–H and O–H groups in total. The molecule has 6 heteroatoms. The van der Waals surface area contributed by atoms with Crippen molar-refractivity contribution in [1.29, 1.82) is 0 Å². The van der Waals surface area contributed by atoms with E-state index in [1.165, 1.54) is 24.3 Å². The Hall–Kier alpha value is -0.720. The minimum atomic E-state index is -2.48. The number of hydrogen-bond donors (Lipinski definition) is 2. The minimum Gasteiger partial charge on any atom is -0.387 e. The molecule has 0 radical (unpaired) electrons. The first kappa shape index (κ1) is 13.3. The number of benzene rings is 1. The maximum atomic E-state index is 12.2. The molecule has 0 unspecified atom stereocenters. The van der Waals surface area contributed by atoms with Gasteiger partial charge in [-0.2, -0.15) is 8.78 Å². The topological polar surface area (TPSA) is 46.2 Å². The van der Waals surface area contributed by atoms with Gasteiger partial charge < -0.3 is 10.8 Å². The van der Waals surface area contributed by atoms with Crippen molar-refractivity contribution in [3.05, 3.63) is 29.8 Å². The molecule has 90 valence electrons. The highest BCUT2D eigenvalue weighted by Gasteiger charge is 2.16. The van der Waals surface area contributed by atoms with E-state index in [0.29, 0.717) is 22.2 Å². The smallest absolute Gasteiger partial charge is 0.288 e. The summed E-state index contributed by atoms with van der Waals surface area (Å²) >= 11 is 0.413. The first-order chi connectivity index (χ1) is 7.54. The first-order valence-electron chi connectivity index (χ1n) is 4.59. The summed E-state index contributed by atoms with van der Waals surface area (Å²) in [6, 6.07) is 4.82. The molecule has 1 aromatic rings. The quantitative estimate of drug-likeness (QED) is 0.789. The molecule has 1 rings (SSSR count). The van der Waals surface area contributed by atoms with Gasteiger partial charge in [-0.3, -0.25) is 0 Å². The zero-order chi connectivity index (χ0) is 12.1. The van der Waals surface area contributed by atoms with E-state index in [1.54, 1.807) is 0 Å². The third-order valence-electron chi connectivity index (χ3n) is 2.03. The van der Waals surface area contributed by atoms with Crippen LogP contribution in [-0.4, -0.2) is 23.6 Å². The average Bonchev–Trinajstić information content (AvgIpc) is 2.27. The van der Waals surface area contributed by atoms with Crippen LogP contribution in [0.15, 0.2) is 29.2 Å². The van der Waals surface area contributed by atoms with Gasteiger partial charge in [0, 0.05) is 4.90 Å². The van der Waals surface area contributed by atoms with Crippen LogP contribution in [0, 0.1) is 0 Å². The van der Waals surface area contributed by atoms with E-state index < -0.39 is 24.6 Å². The maximum absolute atomic E-state index is 12.2. The van der Waals surface area contributed by atoms with Gasteiger partial charge in [0.25, 0.3) is 5.76 Å². The molecule has 0 aliphatic carbocycles. The monoisotopic (exact) mass is 251 g/mol. The van der Waals surface area contributed by atoms with Crippen LogP contribution in [-0.2, 0) is 0 Å². The molecule has 0 saturated carbocycles. The van der Waals surface area contributed by atoms with Gasteiger partial charge in [-0.15, -0.1) is 0 Å². The van der Waals surface area contributed by atoms with Crippen LogP contribution in [0.2, 0.25) is 0 Å². The van der Waals surface area contributed by atoms with E-state index in [-0.39, 0.29) is 0 Å². The van der Waals surface area contributed by atoms with Crippen LogP contribution < -0.4 is 5.73 Å². The summed E-state index contributed by atoms with van der Waals surface area (Å²) in [7, 11) is 0. The summed E-state index contributed by atoms with van der Waals surface area (Å²) in [5, 5.41) is 9.54. The second kappa shape index (κ2) is 6.12. The molecule has 0 aliphatic heterocycles. The summed E-state index contributed by atoms with van der Waals surface area (Å²) < 4.78 is 36.2. The molecular weight excluding hydrogens is 239 g/mol. The molecule has 0 aliphatic rings. The number of hydrogen-bond acceptors (Lipinski definition) is 3. The largest absolute Gasteiger partial charge is 0.387 e. The van der Waals surface area contributed by atoms with Crippen LogP contribution >= 0.6 is 11.8 Å². The zero-order valence-corrected chi connectivity index (χ0v) is 9.13. The van der Waals surface area contributed by atoms with Crippen LogP contribution in [0.25, 0.3) is 0 Å². The highest BCUT2D eigenvalue weighted by molar-refractivity contribution is 7.99. The predicted octanol–water partition coefficient (Wildman–Crippen LogP) is 2.33. The van der Waals surface area contributed by atoms with Gasteiger partial charge >= 0.3 is 0 Å². The number of halogens is 3. The lowest BCUT2D eigenvalue weighted by atomic mass is 10.0. The van der Waals surface area contributed by atoms with E-state index in [4.69, 9.17) is 5.73 Å². The molecule has 2 nitrogen and oxygen atoms in total. The minimum absolute atomic E-state index is 0.389. The summed E-state index contributed by atoms with van der Waals surface area (Å²) in [5.74, 6) is -2.48. The van der Waals surface area contributed by atoms with E-state index in [1.807, 2.05) is 0 Å². The van der Waals surface area contributed by atoms with E-state index in [0.717, 1.165) is 0 Å². The standard InChI is InChI=1S/C10H12F3NOS/c11-5-8(14)9(15)6-1-3-7(4-2-6)16-10(12)13/h1-4,8-10,15H,5,14H2/t8-,9-/m1/s1. The SMILES string of the molecule is N[C@H](CF)[C@H](O)c1ccc(SC(F)F)cc1. The summed E-state index contributed by atoms with van der Waals surface area (Å²) in [4.78, 5) is 0.389. The molecule has 0 aromatic heterocycles. The Balaban J connectivity index is 2.70. The lowest BCUT2D eigenvalue weighted by Crippen LogP contribution is -2.30. The second-order valence-electron chi connectivity index (χ2n) is 3.21. The molecule has 0 amide bonds. The van der Waals surface area contributed by atoms with Crippen molar-refractivity contribution in [3.63, 3.8) is 0 Å². The molecule has 16 heavy (non-hydrogen) atoms. The zero-order valence-electron chi connectivity index (χ0n) is 8.32. The van der Waals surface area contributed by atoms with Gasteiger partial charge in [0.2, 0.25) is 0 Å². The lowest BCUT2D eigenvalue weighted by molar-refractivity contribution is 0.132. The predicted molar refractivity (Wildman–Crippen MR) is 57.2 cm³/mol. The van der Waals surface area contributed by atoms with Crippen LogP contribution in [0.4, 0.5) is 13.2 Å². The number of aliphatic hydroxyl groups is 1. The fourth-order valence-electron chi connectivity index (χ4n) is 1.18. The van der Waals surface area contributed by atoms with Crippen molar-refractivity contribution in [3.8, 4) is 0 Å². The Morgan fingerprint density at radius 3 is 2.25 bits per heavy atom. The number of alkyl halides is 3. The van der Waals surface area contributed by atoms with Gasteiger partial charge in [0.05, 0.1) is 12.1 Å². The highest BCUT2D eigenvalue weighted by Crippen LogP contribution is 2.26. The molecule has 2 atom stereocenters. The fourth-order valence-corrected chi connectivity index (χ4v) is 1.68. The third kappa shape index (κ3) is 3.70. The first-order valence-corrected chi connectivity index (χ1v) is 5.47. The Kier molecular flexibility index (Phi) is 5.11. The number of aliphatic hydroxyl groups excluding tert-OH is 1. The van der Waals surface area contributed by atoms with Crippen LogP contribution in [0.5, 0.6) is 0 Å². The number of thioether (sulfide) groups is 1. The molecule has 1 aromatic carbocycles. The molecule has 0 bridgehead atoms. The number of nitrogens with two attached hydrogens (primary N) is 1. The van der Waals surface area contributed by atoms with Crippen LogP contribution in [0.1, 0.15) is 11.7 Å². The van der Waals surface area contributed by atoms with Gasteiger partial charge in [-0.1, -0.05) is 23.9 Å². The molecule has 0 saturated heterocycles. The Morgan fingerprint density at radius 1 is 1.25 bits per heavy atom. The van der Waals surface area contributed by atoms with Crippen molar-refractivity contribution in [2.24, 2.45) is 5.73 Å². The van der Waals surface area contributed by atoms with Crippen LogP contribution in [0.3, 0.4) is 0 Å². The van der Waals surface area contributed by atoms with E-state index in [2.05, 4.69) is 0 Å². The van der Waals surface area contributed by atoms with Crippen molar-refractivity contribution < 1.29 is 18.3 Å². The highest BCUT2D eigenvalue weighted by atomic mass is 32.2. The van der Waals surface area contributed by atoms with Crippen molar-refractivity contribution in [1.82, 2.24) is 0 Å². The molecule has 0 spiro atoms. The Morgan fingerprint density at radius 2 is 1.81 bits per heavy atom. The second-order valence-corrected chi connectivity index (χ2v) is 4.27. The van der Waals surface area contributed by atoms with Crippen molar-refractivity contribution in [2.45, 2.75) is 22.8 Å².